The van der Waals surface area contributed by atoms with Crippen molar-refractivity contribution < 1.29 is 0 Å². The highest BCUT2D eigenvalue weighted by Crippen LogP contribution is 2.25. The Kier molecular flexibility index (Phi) is 2.88. The Hall–Kier alpha value is -1.68. The van der Waals surface area contributed by atoms with E-state index in [0.717, 1.165) is 36.5 Å². The van der Waals surface area contributed by atoms with E-state index < -0.39 is 0 Å². The highest BCUT2D eigenvalue weighted by atomic mass is 16.1. The lowest BCUT2D eigenvalue weighted by Gasteiger charge is -2.29. The second kappa shape index (κ2) is 4.53. The van der Waals surface area contributed by atoms with Crippen molar-refractivity contribution in [2.75, 3.05) is 0 Å². The van der Waals surface area contributed by atoms with Crippen LogP contribution >= 0.6 is 0 Å². The largest absolute Gasteiger partial charge is 0.326 e. The van der Waals surface area contributed by atoms with Gasteiger partial charge < -0.3 is 5.73 Å². The quantitative estimate of drug-likeness (QED) is 0.831. The van der Waals surface area contributed by atoms with Crippen molar-refractivity contribution in [1.29, 1.82) is 0 Å². The van der Waals surface area contributed by atoms with Crippen LogP contribution in [0.1, 0.15) is 31.7 Å². The summed E-state index contributed by atoms with van der Waals surface area (Å²) in [7, 11) is 0. The molecule has 0 saturated heterocycles. The number of nitrogens with zero attached hydrogens (tertiary/aromatic N) is 2. The molecular formula is C14H17N3O. The van der Waals surface area contributed by atoms with E-state index in [4.69, 9.17) is 5.73 Å². The first-order valence-electron chi connectivity index (χ1n) is 6.49. The summed E-state index contributed by atoms with van der Waals surface area (Å²) in [5, 5.41) is 5.92. The fraction of sp³-hybridized carbons (Fsp3) is 0.429. The van der Waals surface area contributed by atoms with E-state index in [1.54, 1.807) is 10.9 Å². The second-order valence-electron chi connectivity index (χ2n) is 5.00. The third-order valence-corrected chi connectivity index (χ3v) is 3.82. The van der Waals surface area contributed by atoms with Crippen LogP contribution in [0.2, 0.25) is 0 Å². The Balaban J connectivity index is 2.12. The molecule has 1 aliphatic rings. The van der Waals surface area contributed by atoms with Gasteiger partial charge in [0.25, 0.3) is 5.56 Å². The van der Waals surface area contributed by atoms with Gasteiger partial charge in [-0.05, 0) is 18.9 Å². The van der Waals surface area contributed by atoms with Gasteiger partial charge in [-0.3, -0.25) is 4.79 Å². The Morgan fingerprint density at radius 3 is 2.83 bits per heavy atom. The lowest BCUT2D eigenvalue weighted by molar-refractivity contribution is 0.278. The third kappa shape index (κ3) is 1.82. The Morgan fingerprint density at radius 2 is 2.00 bits per heavy atom. The zero-order valence-corrected chi connectivity index (χ0v) is 10.2. The lowest BCUT2D eigenvalue weighted by Crippen LogP contribution is -2.40. The van der Waals surface area contributed by atoms with Crippen molar-refractivity contribution in [3.63, 3.8) is 0 Å². The first kappa shape index (κ1) is 11.4. The van der Waals surface area contributed by atoms with E-state index in [-0.39, 0.29) is 17.6 Å². The molecule has 94 valence electrons. The number of hydrogen-bond donors (Lipinski definition) is 1. The van der Waals surface area contributed by atoms with Gasteiger partial charge in [-0.1, -0.05) is 31.0 Å². The van der Waals surface area contributed by atoms with Crippen LogP contribution in [-0.2, 0) is 0 Å². The first-order valence-corrected chi connectivity index (χ1v) is 6.49. The topological polar surface area (TPSA) is 60.9 Å². The molecule has 2 aromatic rings. The Morgan fingerprint density at radius 1 is 1.22 bits per heavy atom. The highest BCUT2D eigenvalue weighted by Gasteiger charge is 2.25. The van der Waals surface area contributed by atoms with Crippen LogP contribution in [0, 0.1) is 0 Å². The van der Waals surface area contributed by atoms with Crippen molar-refractivity contribution in [3.8, 4) is 0 Å². The van der Waals surface area contributed by atoms with Gasteiger partial charge in [0, 0.05) is 11.4 Å². The minimum absolute atomic E-state index is 0.0181. The molecule has 4 nitrogen and oxygen atoms in total. The average Bonchev–Trinajstić information content (AvgIpc) is 2.41. The molecule has 1 aliphatic carbocycles. The monoisotopic (exact) mass is 243 g/mol. The van der Waals surface area contributed by atoms with Crippen molar-refractivity contribution in [2.24, 2.45) is 5.73 Å². The van der Waals surface area contributed by atoms with Gasteiger partial charge in [-0.15, -0.1) is 0 Å². The number of hydrogen-bond acceptors (Lipinski definition) is 3. The summed E-state index contributed by atoms with van der Waals surface area (Å²) in [6.07, 6.45) is 5.97. The van der Waals surface area contributed by atoms with Crippen molar-refractivity contribution in [1.82, 2.24) is 9.78 Å². The zero-order valence-electron chi connectivity index (χ0n) is 10.2. The van der Waals surface area contributed by atoms with Gasteiger partial charge in [0.2, 0.25) is 0 Å². The normalized spacial score (nSPS) is 24.3. The molecule has 0 aliphatic heterocycles. The van der Waals surface area contributed by atoms with E-state index in [2.05, 4.69) is 5.10 Å². The maximum absolute atomic E-state index is 12.4. The summed E-state index contributed by atoms with van der Waals surface area (Å²) >= 11 is 0. The first-order chi connectivity index (χ1) is 8.77. The second-order valence-corrected chi connectivity index (χ2v) is 5.00. The van der Waals surface area contributed by atoms with Gasteiger partial charge >= 0.3 is 0 Å². The fourth-order valence-corrected chi connectivity index (χ4v) is 2.78. The predicted octanol–water partition coefficient (Wildman–Crippen LogP) is 1.84. The van der Waals surface area contributed by atoms with Gasteiger partial charge in [0.05, 0.1) is 17.6 Å². The molecular weight excluding hydrogens is 226 g/mol. The summed E-state index contributed by atoms with van der Waals surface area (Å²) in [6.45, 7) is 0. The van der Waals surface area contributed by atoms with Crippen LogP contribution in [0.5, 0.6) is 0 Å². The number of nitrogens with two attached hydrogens (primary N) is 1. The summed E-state index contributed by atoms with van der Waals surface area (Å²) in [5.41, 5.74) is 6.11. The van der Waals surface area contributed by atoms with Crippen LogP contribution in [0.15, 0.2) is 35.3 Å². The standard InChI is InChI=1S/C14H17N3O/c15-12-7-3-4-8-13(12)17-14(18)11-6-2-1-5-10(11)9-16-17/h1-2,5-6,9,12-13H,3-4,7-8,15H2. The van der Waals surface area contributed by atoms with Crippen LogP contribution in [0.3, 0.4) is 0 Å². The minimum Gasteiger partial charge on any atom is -0.326 e. The maximum Gasteiger partial charge on any atom is 0.274 e. The molecule has 2 N–H and O–H groups in total. The van der Waals surface area contributed by atoms with Gasteiger partial charge in [-0.2, -0.15) is 5.10 Å². The molecule has 1 heterocycles. The fourth-order valence-electron chi connectivity index (χ4n) is 2.78. The van der Waals surface area contributed by atoms with Crippen molar-refractivity contribution in [2.45, 2.75) is 37.8 Å². The number of fused-ring (bicyclic) bond motifs is 1. The van der Waals surface area contributed by atoms with Crippen molar-refractivity contribution >= 4 is 10.8 Å². The minimum atomic E-state index is -0.0181. The molecule has 0 bridgehead atoms. The van der Waals surface area contributed by atoms with Crippen LogP contribution in [-0.4, -0.2) is 15.8 Å². The summed E-state index contributed by atoms with van der Waals surface area (Å²) in [6, 6.07) is 7.66. The summed E-state index contributed by atoms with van der Waals surface area (Å²) < 4.78 is 1.59. The molecule has 0 radical (unpaired) electrons. The van der Waals surface area contributed by atoms with E-state index in [9.17, 15) is 4.79 Å². The zero-order chi connectivity index (χ0) is 12.5. The van der Waals surface area contributed by atoms with E-state index >= 15 is 0 Å². The van der Waals surface area contributed by atoms with E-state index in [1.165, 1.54) is 0 Å². The van der Waals surface area contributed by atoms with Crippen LogP contribution in [0.4, 0.5) is 0 Å². The molecule has 1 saturated carbocycles. The van der Waals surface area contributed by atoms with E-state index in [1.807, 2.05) is 24.3 Å². The number of rotatable bonds is 1. The smallest absolute Gasteiger partial charge is 0.274 e. The summed E-state index contributed by atoms with van der Waals surface area (Å²) in [5.74, 6) is 0. The SMILES string of the molecule is NC1CCCCC1n1ncc2ccccc2c1=O. The molecule has 4 heteroatoms. The highest BCUT2D eigenvalue weighted by molar-refractivity contribution is 5.80. The molecule has 1 aromatic heterocycles. The van der Waals surface area contributed by atoms with Crippen LogP contribution in [0.25, 0.3) is 10.8 Å². The molecule has 18 heavy (non-hydrogen) atoms. The molecule has 2 atom stereocenters. The number of benzene rings is 1. The summed E-state index contributed by atoms with van der Waals surface area (Å²) in [4.78, 5) is 12.4. The molecule has 2 unspecified atom stereocenters. The molecule has 3 rings (SSSR count). The van der Waals surface area contributed by atoms with E-state index in [0.29, 0.717) is 0 Å². The van der Waals surface area contributed by atoms with Gasteiger partial charge in [0.15, 0.2) is 0 Å². The van der Waals surface area contributed by atoms with Gasteiger partial charge in [0.1, 0.15) is 0 Å². The number of aromatic nitrogens is 2. The van der Waals surface area contributed by atoms with Crippen molar-refractivity contribution in [3.05, 3.63) is 40.8 Å². The molecule has 0 amide bonds. The molecule has 1 aromatic carbocycles. The predicted molar refractivity (Wildman–Crippen MR) is 71.5 cm³/mol. The average molecular weight is 243 g/mol. The lowest BCUT2D eigenvalue weighted by atomic mass is 9.91. The Labute approximate surface area is 105 Å². The third-order valence-electron chi connectivity index (χ3n) is 3.82. The molecule has 0 spiro atoms. The maximum atomic E-state index is 12.4. The molecule has 1 fully saturated rings. The Bertz CT molecular complexity index is 620. The van der Waals surface area contributed by atoms with Crippen LogP contribution < -0.4 is 11.3 Å². The van der Waals surface area contributed by atoms with Gasteiger partial charge in [-0.25, -0.2) is 4.68 Å².